The highest BCUT2D eigenvalue weighted by Crippen LogP contribution is 2.35. The van der Waals surface area contributed by atoms with Crippen LogP contribution in [0.15, 0.2) is 18.2 Å². The highest BCUT2D eigenvalue weighted by Gasteiger charge is 2.21. The maximum atomic E-state index is 9.08. The highest BCUT2D eigenvalue weighted by atomic mass is 16.6. The molecule has 1 aromatic carbocycles. The second kappa shape index (κ2) is 5.70. The number of hydrogen-bond donors (Lipinski definition) is 1. The van der Waals surface area contributed by atoms with Gasteiger partial charge in [0, 0.05) is 31.5 Å². The van der Waals surface area contributed by atoms with Crippen molar-refractivity contribution in [1.82, 2.24) is 0 Å². The van der Waals surface area contributed by atoms with Gasteiger partial charge in [-0.25, -0.2) is 0 Å². The number of aliphatic hydroxyl groups is 1. The number of anilines is 1. The van der Waals surface area contributed by atoms with E-state index >= 15 is 0 Å². The predicted octanol–water partition coefficient (Wildman–Crippen LogP) is 2.06. The number of fused-ring (bicyclic) bond motifs is 1. The summed E-state index contributed by atoms with van der Waals surface area (Å²) in [7, 11) is 0. The average molecular weight is 263 g/mol. The van der Waals surface area contributed by atoms with E-state index < -0.39 is 0 Å². The van der Waals surface area contributed by atoms with E-state index in [0.29, 0.717) is 25.7 Å². The van der Waals surface area contributed by atoms with Crippen molar-refractivity contribution in [2.75, 3.05) is 37.8 Å². The lowest BCUT2D eigenvalue weighted by atomic mass is 9.95. The van der Waals surface area contributed by atoms with Crippen molar-refractivity contribution in [3.05, 3.63) is 18.2 Å². The maximum Gasteiger partial charge on any atom is 0.163 e. The predicted molar refractivity (Wildman–Crippen MR) is 74.1 cm³/mol. The van der Waals surface area contributed by atoms with Crippen molar-refractivity contribution in [3.63, 3.8) is 0 Å². The monoisotopic (exact) mass is 263 g/mol. The van der Waals surface area contributed by atoms with E-state index in [-0.39, 0.29) is 0 Å². The Kier molecular flexibility index (Phi) is 3.78. The van der Waals surface area contributed by atoms with Crippen LogP contribution < -0.4 is 14.4 Å². The van der Waals surface area contributed by atoms with Crippen LogP contribution in [0.3, 0.4) is 0 Å². The molecule has 1 atom stereocenters. The summed E-state index contributed by atoms with van der Waals surface area (Å²) in [6.45, 7) is 3.67. The van der Waals surface area contributed by atoms with Crippen LogP contribution in [0, 0.1) is 5.92 Å². The standard InChI is InChI=1S/C15H21NO3/c17-7-5-12-2-1-6-16(11-12)13-3-4-14-15(10-13)19-9-8-18-14/h3-4,10,12,17H,1-2,5-9,11H2. The minimum Gasteiger partial charge on any atom is -0.486 e. The lowest BCUT2D eigenvalue weighted by Gasteiger charge is -2.34. The van der Waals surface area contributed by atoms with Gasteiger partial charge in [0.05, 0.1) is 0 Å². The molecule has 104 valence electrons. The summed E-state index contributed by atoms with van der Waals surface area (Å²) in [5.74, 6) is 2.30. The van der Waals surface area contributed by atoms with Gasteiger partial charge >= 0.3 is 0 Å². The molecule has 1 fully saturated rings. The Morgan fingerprint density at radius 2 is 2.05 bits per heavy atom. The number of nitrogens with zero attached hydrogens (tertiary/aromatic N) is 1. The number of piperidine rings is 1. The second-order valence-corrected chi connectivity index (χ2v) is 5.29. The first-order valence-corrected chi connectivity index (χ1v) is 7.12. The molecule has 1 unspecified atom stereocenters. The van der Waals surface area contributed by atoms with Gasteiger partial charge < -0.3 is 19.5 Å². The third-order valence-electron chi connectivity index (χ3n) is 3.95. The van der Waals surface area contributed by atoms with E-state index in [9.17, 15) is 0 Å². The zero-order chi connectivity index (χ0) is 13.1. The first-order valence-electron chi connectivity index (χ1n) is 7.12. The molecule has 4 heteroatoms. The molecule has 2 aliphatic rings. The van der Waals surface area contributed by atoms with Gasteiger partial charge in [0.2, 0.25) is 0 Å². The Morgan fingerprint density at radius 3 is 2.89 bits per heavy atom. The maximum absolute atomic E-state index is 9.08. The quantitative estimate of drug-likeness (QED) is 0.906. The largest absolute Gasteiger partial charge is 0.486 e. The second-order valence-electron chi connectivity index (χ2n) is 5.29. The molecule has 1 N–H and O–H groups in total. The van der Waals surface area contributed by atoms with Crippen molar-refractivity contribution in [2.24, 2.45) is 5.92 Å². The van der Waals surface area contributed by atoms with Gasteiger partial charge in [0.25, 0.3) is 0 Å². The number of benzene rings is 1. The number of hydrogen-bond acceptors (Lipinski definition) is 4. The average Bonchev–Trinajstić information content (AvgIpc) is 2.47. The third kappa shape index (κ3) is 2.78. The van der Waals surface area contributed by atoms with Gasteiger partial charge in [-0.15, -0.1) is 0 Å². The zero-order valence-electron chi connectivity index (χ0n) is 11.2. The fraction of sp³-hybridized carbons (Fsp3) is 0.600. The van der Waals surface area contributed by atoms with Crippen LogP contribution in [0.1, 0.15) is 19.3 Å². The summed E-state index contributed by atoms with van der Waals surface area (Å²) in [6.07, 6.45) is 3.32. The van der Waals surface area contributed by atoms with Crippen LogP contribution in [0.5, 0.6) is 11.5 Å². The van der Waals surface area contributed by atoms with Gasteiger partial charge in [-0.3, -0.25) is 0 Å². The lowest BCUT2D eigenvalue weighted by Crippen LogP contribution is -2.35. The summed E-state index contributed by atoms with van der Waals surface area (Å²) in [5, 5.41) is 9.08. The Bertz CT molecular complexity index is 433. The molecule has 0 radical (unpaired) electrons. The van der Waals surface area contributed by atoms with E-state index in [1.165, 1.54) is 18.5 Å². The summed E-state index contributed by atoms with van der Waals surface area (Å²) in [6, 6.07) is 6.18. The molecular weight excluding hydrogens is 242 g/mol. The smallest absolute Gasteiger partial charge is 0.163 e. The molecule has 2 heterocycles. The van der Waals surface area contributed by atoms with Gasteiger partial charge in [-0.1, -0.05) is 0 Å². The lowest BCUT2D eigenvalue weighted by molar-refractivity contribution is 0.171. The van der Waals surface area contributed by atoms with E-state index in [1.54, 1.807) is 0 Å². The van der Waals surface area contributed by atoms with Gasteiger partial charge in [-0.2, -0.15) is 0 Å². The van der Waals surface area contributed by atoms with Gasteiger partial charge in [0.1, 0.15) is 13.2 Å². The molecular formula is C15H21NO3. The molecule has 2 aliphatic heterocycles. The van der Waals surface area contributed by atoms with Crippen molar-refractivity contribution >= 4 is 5.69 Å². The molecule has 19 heavy (non-hydrogen) atoms. The van der Waals surface area contributed by atoms with Crippen LogP contribution >= 0.6 is 0 Å². The van der Waals surface area contributed by atoms with Crippen LogP contribution in [-0.4, -0.2) is 38.0 Å². The molecule has 0 aliphatic carbocycles. The summed E-state index contributed by atoms with van der Waals surface area (Å²) in [4.78, 5) is 2.39. The molecule has 0 spiro atoms. The molecule has 0 aromatic heterocycles. The Balaban J connectivity index is 1.74. The van der Waals surface area contributed by atoms with E-state index in [0.717, 1.165) is 31.0 Å². The minimum absolute atomic E-state index is 0.291. The Hall–Kier alpha value is -1.42. The van der Waals surface area contributed by atoms with Crippen LogP contribution in [0.4, 0.5) is 5.69 Å². The van der Waals surface area contributed by atoms with Crippen molar-refractivity contribution in [2.45, 2.75) is 19.3 Å². The van der Waals surface area contributed by atoms with Crippen LogP contribution in [0.25, 0.3) is 0 Å². The number of ether oxygens (including phenoxy) is 2. The van der Waals surface area contributed by atoms with Crippen molar-refractivity contribution in [1.29, 1.82) is 0 Å². The topological polar surface area (TPSA) is 41.9 Å². The van der Waals surface area contributed by atoms with Crippen LogP contribution in [0.2, 0.25) is 0 Å². The summed E-state index contributed by atoms with van der Waals surface area (Å²) >= 11 is 0. The molecule has 1 aromatic rings. The number of aliphatic hydroxyl groups excluding tert-OH is 1. The zero-order valence-corrected chi connectivity index (χ0v) is 11.2. The van der Waals surface area contributed by atoms with Crippen LogP contribution in [-0.2, 0) is 0 Å². The molecule has 3 rings (SSSR count). The molecule has 4 nitrogen and oxygen atoms in total. The van der Waals surface area contributed by atoms with E-state index in [1.807, 2.05) is 6.07 Å². The molecule has 1 saturated heterocycles. The SMILES string of the molecule is OCCC1CCCN(c2ccc3c(c2)OCCO3)C1. The summed E-state index contributed by atoms with van der Waals surface area (Å²) < 4.78 is 11.2. The Labute approximate surface area is 113 Å². The number of rotatable bonds is 3. The van der Waals surface area contributed by atoms with E-state index in [2.05, 4.69) is 17.0 Å². The van der Waals surface area contributed by atoms with Crippen molar-refractivity contribution < 1.29 is 14.6 Å². The molecule has 0 saturated carbocycles. The normalized spacial score (nSPS) is 22.4. The molecule has 0 bridgehead atoms. The minimum atomic E-state index is 0.291. The van der Waals surface area contributed by atoms with Gasteiger partial charge in [-0.05, 0) is 37.3 Å². The first-order chi connectivity index (χ1) is 9.36. The third-order valence-corrected chi connectivity index (χ3v) is 3.95. The summed E-state index contributed by atoms with van der Waals surface area (Å²) in [5.41, 5.74) is 1.20. The van der Waals surface area contributed by atoms with E-state index in [4.69, 9.17) is 14.6 Å². The Morgan fingerprint density at radius 1 is 1.21 bits per heavy atom. The molecule has 0 amide bonds. The fourth-order valence-electron chi connectivity index (χ4n) is 2.95. The van der Waals surface area contributed by atoms with Crippen molar-refractivity contribution in [3.8, 4) is 11.5 Å². The van der Waals surface area contributed by atoms with Gasteiger partial charge in [0.15, 0.2) is 11.5 Å². The fourth-order valence-corrected chi connectivity index (χ4v) is 2.95. The highest BCUT2D eigenvalue weighted by molar-refractivity contribution is 5.57. The first kappa shape index (κ1) is 12.6.